The van der Waals surface area contributed by atoms with Gasteiger partial charge in [-0.2, -0.15) is 0 Å². The van der Waals surface area contributed by atoms with E-state index in [1.54, 1.807) is 0 Å². The van der Waals surface area contributed by atoms with Crippen LogP contribution >= 0.6 is 0 Å². The first-order valence-corrected chi connectivity index (χ1v) is 17.1. The number of hydrogen-bond acceptors (Lipinski definition) is 6. The molecule has 212 valence electrons. The van der Waals surface area contributed by atoms with Gasteiger partial charge in [-0.1, -0.05) is 32.0 Å². The van der Waals surface area contributed by atoms with E-state index in [1.165, 1.54) is 0 Å². The molecule has 1 saturated heterocycles. The Labute approximate surface area is 234 Å². The van der Waals surface area contributed by atoms with Crippen LogP contribution in [0.2, 0.25) is 18.1 Å². The highest BCUT2D eigenvalue weighted by Gasteiger charge is 2.37. The molecule has 4 rings (SSSR count). The molecule has 1 amide bonds. The van der Waals surface area contributed by atoms with Gasteiger partial charge in [0.05, 0.1) is 12.3 Å². The van der Waals surface area contributed by atoms with Crippen molar-refractivity contribution in [3.05, 3.63) is 47.9 Å². The lowest BCUT2D eigenvalue weighted by Gasteiger charge is -2.36. The fourth-order valence-corrected chi connectivity index (χ4v) is 5.71. The van der Waals surface area contributed by atoms with Crippen molar-refractivity contribution in [2.45, 2.75) is 97.6 Å². The molecule has 0 unspecified atom stereocenters. The van der Waals surface area contributed by atoms with E-state index in [0.29, 0.717) is 12.5 Å². The van der Waals surface area contributed by atoms with Gasteiger partial charge < -0.3 is 18.6 Å². The minimum absolute atomic E-state index is 0.114. The topological polar surface area (TPSA) is 77.7 Å². The molecular weight excluding hydrogens is 506 g/mol. The lowest BCUT2D eigenvalue weighted by molar-refractivity contribution is 0.0181. The van der Waals surface area contributed by atoms with Gasteiger partial charge in [0.2, 0.25) is 0 Å². The van der Waals surface area contributed by atoms with Crippen LogP contribution in [0.4, 0.5) is 4.79 Å². The standard InChI is InChI=1S/C31H45N3O4Si/c1-30(2,3)37-29(35)34-19-15-22(16-20-34)9-12-27-25-11-10-24(23-13-17-32-18-14-23)26(28(25)38-33-27)21-36-39(7,8)31(4,5)6/h10-11,13-14,17-18,22H,9,12,15-16,19-21H2,1-8H3. The van der Waals surface area contributed by atoms with Crippen LogP contribution in [0, 0.1) is 5.92 Å². The Morgan fingerprint density at radius 1 is 1.05 bits per heavy atom. The summed E-state index contributed by atoms with van der Waals surface area (Å²) in [5.74, 6) is 0.549. The molecule has 1 aliphatic rings. The molecule has 0 bridgehead atoms. The number of fused-ring (bicyclic) bond motifs is 1. The Kier molecular flexibility index (Phi) is 8.57. The van der Waals surface area contributed by atoms with E-state index in [9.17, 15) is 4.79 Å². The number of carbonyl (C=O) groups excluding carboxylic acids is 1. The normalized spacial score (nSPS) is 15.6. The van der Waals surface area contributed by atoms with E-state index < -0.39 is 13.9 Å². The number of pyridine rings is 1. The van der Waals surface area contributed by atoms with Crippen LogP contribution in [0.5, 0.6) is 0 Å². The molecule has 3 aromatic rings. The maximum atomic E-state index is 12.4. The van der Waals surface area contributed by atoms with Crippen LogP contribution in [0.3, 0.4) is 0 Å². The van der Waals surface area contributed by atoms with Crippen molar-refractivity contribution < 1.29 is 18.5 Å². The van der Waals surface area contributed by atoms with Gasteiger partial charge in [-0.25, -0.2) is 4.79 Å². The zero-order valence-electron chi connectivity index (χ0n) is 25.0. The Bertz CT molecular complexity index is 1270. The number of hydrogen-bond donors (Lipinski definition) is 0. The average Bonchev–Trinajstić information content (AvgIpc) is 3.28. The number of amides is 1. The van der Waals surface area contributed by atoms with Crippen molar-refractivity contribution in [2.24, 2.45) is 5.92 Å². The summed E-state index contributed by atoms with van der Waals surface area (Å²) in [5.41, 5.74) is 4.59. The quantitative estimate of drug-likeness (QED) is 0.277. The molecular formula is C31H45N3O4Si. The summed E-state index contributed by atoms with van der Waals surface area (Å²) in [6, 6.07) is 8.36. The smallest absolute Gasteiger partial charge is 0.410 e. The average molecular weight is 552 g/mol. The molecule has 0 radical (unpaired) electrons. The van der Waals surface area contributed by atoms with Gasteiger partial charge in [-0.15, -0.1) is 0 Å². The van der Waals surface area contributed by atoms with Crippen LogP contribution in [0.1, 0.15) is 72.1 Å². The summed E-state index contributed by atoms with van der Waals surface area (Å²) in [5, 5.41) is 5.71. The second kappa shape index (κ2) is 11.4. The number of rotatable bonds is 7. The van der Waals surface area contributed by atoms with Gasteiger partial charge in [-0.3, -0.25) is 4.98 Å². The molecule has 0 spiro atoms. The molecule has 3 heterocycles. The molecule has 39 heavy (non-hydrogen) atoms. The molecule has 0 N–H and O–H groups in total. The summed E-state index contributed by atoms with van der Waals surface area (Å²) >= 11 is 0. The van der Waals surface area contributed by atoms with Gasteiger partial charge >= 0.3 is 6.09 Å². The predicted molar refractivity (Wildman–Crippen MR) is 158 cm³/mol. The Hall–Kier alpha value is -2.71. The number of likely N-dealkylation sites (tertiary alicyclic amines) is 1. The van der Waals surface area contributed by atoms with Gasteiger partial charge in [0.1, 0.15) is 5.60 Å². The van der Waals surface area contributed by atoms with E-state index in [-0.39, 0.29) is 11.1 Å². The maximum absolute atomic E-state index is 12.4. The largest absolute Gasteiger partial charge is 0.444 e. The second-order valence-corrected chi connectivity index (χ2v) is 18.1. The highest BCUT2D eigenvalue weighted by Crippen LogP contribution is 2.39. The van der Waals surface area contributed by atoms with Crippen LogP contribution < -0.4 is 0 Å². The van der Waals surface area contributed by atoms with E-state index in [0.717, 1.165) is 72.1 Å². The van der Waals surface area contributed by atoms with Crippen LogP contribution in [0.15, 0.2) is 41.2 Å². The third kappa shape index (κ3) is 7.08. The van der Waals surface area contributed by atoms with Gasteiger partial charge in [0, 0.05) is 36.4 Å². The van der Waals surface area contributed by atoms with E-state index >= 15 is 0 Å². The van der Waals surface area contributed by atoms with Crippen LogP contribution in [-0.4, -0.2) is 48.1 Å². The van der Waals surface area contributed by atoms with Crippen molar-refractivity contribution in [1.82, 2.24) is 15.0 Å². The zero-order chi connectivity index (χ0) is 28.4. The first-order chi connectivity index (χ1) is 18.2. The van der Waals surface area contributed by atoms with Crippen LogP contribution in [-0.2, 0) is 22.2 Å². The first-order valence-electron chi connectivity index (χ1n) is 14.2. The molecule has 1 aromatic carbocycles. The van der Waals surface area contributed by atoms with Crippen molar-refractivity contribution in [1.29, 1.82) is 0 Å². The summed E-state index contributed by atoms with van der Waals surface area (Å²) < 4.78 is 18.2. The molecule has 0 aliphatic carbocycles. The number of piperidine rings is 1. The monoisotopic (exact) mass is 551 g/mol. The van der Waals surface area contributed by atoms with Crippen molar-refractivity contribution in [3.63, 3.8) is 0 Å². The Balaban J connectivity index is 1.49. The van der Waals surface area contributed by atoms with Gasteiger partial charge in [-0.05, 0) is 99.8 Å². The number of aromatic nitrogens is 2. The molecule has 7 nitrogen and oxygen atoms in total. The fourth-order valence-electron chi connectivity index (χ4n) is 4.78. The molecule has 0 saturated carbocycles. The molecule has 0 atom stereocenters. The third-order valence-corrected chi connectivity index (χ3v) is 12.7. The highest BCUT2D eigenvalue weighted by atomic mass is 28.4. The zero-order valence-corrected chi connectivity index (χ0v) is 26.0. The Morgan fingerprint density at radius 3 is 2.33 bits per heavy atom. The Morgan fingerprint density at radius 2 is 1.72 bits per heavy atom. The van der Waals surface area contributed by atoms with Crippen molar-refractivity contribution in [3.8, 4) is 11.1 Å². The highest BCUT2D eigenvalue weighted by molar-refractivity contribution is 6.74. The van der Waals surface area contributed by atoms with Gasteiger partial charge in [0.15, 0.2) is 13.9 Å². The number of ether oxygens (including phenoxy) is 1. The minimum atomic E-state index is -1.97. The number of aryl methyl sites for hydroxylation is 1. The fraction of sp³-hybridized carbons (Fsp3) is 0.581. The summed E-state index contributed by atoms with van der Waals surface area (Å²) in [6.45, 7) is 19.0. The first kappa shape index (κ1) is 29.3. The van der Waals surface area contributed by atoms with Crippen LogP contribution in [0.25, 0.3) is 22.1 Å². The number of carbonyl (C=O) groups is 1. The molecule has 8 heteroatoms. The lowest BCUT2D eigenvalue weighted by Crippen LogP contribution is -2.41. The number of benzene rings is 1. The number of nitrogens with zero attached hydrogens (tertiary/aromatic N) is 3. The van der Waals surface area contributed by atoms with E-state index in [2.05, 4.69) is 56.1 Å². The molecule has 1 aliphatic heterocycles. The second-order valence-electron chi connectivity index (χ2n) is 13.3. The van der Waals surface area contributed by atoms with Crippen molar-refractivity contribution >= 4 is 25.4 Å². The SMILES string of the molecule is CC(C)(C)OC(=O)N1CCC(CCc2noc3c(CO[Si](C)(C)C(C)(C)C)c(-c4ccncc4)ccc23)CC1. The molecule has 2 aromatic heterocycles. The minimum Gasteiger partial charge on any atom is -0.444 e. The predicted octanol–water partition coefficient (Wildman–Crippen LogP) is 7.99. The summed E-state index contributed by atoms with van der Waals surface area (Å²) in [4.78, 5) is 18.4. The van der Waals surface area contributed by atoms with Gasteiger partial charge in [0.25, 0.3) is 0 Å². The van der Waals surface area contributed by atoms with Crippen molar-refractivity contribution in [2.75, 3.05) is 13.1 Å². The maximum Gasteiger partial charge on any atom is 0.410 e. The summed E-state index contributed by atoms with van der Waals surface area (Å²) in [7, 11) is -1.97. The summed E-state index contributed by atoms with van der Waals surface area (Å²) in [6.07, 6.45) is 7.25. The lowest BCUT2D eigenvalue weighted by atomic mass is 9.91. The molecule has 1 fully saturated rings. The third-order valence-electron chi connectivity index (χ3n) is 8.25. The van der Waals surface area contributed by atoms with E-state index in [1.807, 2.05) is 50.2 Å². The van der Waals surface area contributed by atoms with E-state index in [4.69, 9.17) is 13.7 Å².